The van der Waals surface area contributed by atoms with Gasteiger partial charge in [-0.3, -0.25) is 14.5 Å². The first-order valence-electron chi connectivity index (χ1n) is 11.2. The van der Waals surface area contributed by atoms with Crippen molar-refractivity contribution in [2.24, 2.45) is 34.7 Å². The lowest BCUT2D eigenvalue weighted by Crippen LogP contribution is -2.41. The highest BCUT2D eigenvalue weighted by molar-refractivity contribution is 6.37. The van der Waals surface area contributed by atoms with Crippen LogP contribution in [0.1, 0.15) is 29.3 Å². The molecule has 7 nitrogen and oxygen atoms in total. The Labute approximate surface area is 205 Å². The standard InChI is InChI=1S/C25H20Cl2N2O5/c1-2-33-25(32)11-3-6-13(7-4-11)29-23(30)18-15-10-16(19(18)24(29)31)22-20(15)21(28-34-22)14-8-5-12(26)9-17(14)27/h3-9,15-16,18-20,22H,2,10H2,1H3/t15-,16-,18+,19-,20-,22+/m1/s1. The lowest BCUT2D eigenvalue weighted by atomic mass is 9.71. The van der Waals surface area contributed by atoms with Crippen LogP contribution in [0.5, 0.6) is 0 Å². The number of hydrogen-bond donors (Lipinski definition) is 0. The smallest absolute Gasteiger partial charge is 0.338 e. The number of nitrogens with zero attached hydrogens (tertiary/aromatic N) is 2. The molecule has 9 heteroatoms. The Morgan fingerprint density at radius 1 is 1.06 bits per heavy atom. The molecule has 2 aliphatic heterocycles. The number of oxime groups is 1. The van der Waals surface area contributed by atoms with Crippen molar-refractivity contribution in [3.63, 3.8) is 0 Å². The van der Waals surface area contributed by atoms with Gasteiger partial charge in [0.25, 0.3) is 0 Å². The number of halogens is 2. The molecule has 174 valence electrons. The molecule has 2 aromatic rings. The highest BCUT2D eigenvalue weighted by Gasteiger charge is 2.70. The molecule has 2 aliphatic carbocycles. The van der Waals surface area contributed by atoms with Gasteiger partial charge in [-0.2, -0.15) is 0 Å². The quantitative estimate of drug-likeness (QED) is 0.462. The van der Waals surface area contributed by atoms with Crippen LogP contribution in [0, 0.1) is 29.6 Å². The van der Waals surface area contributed by atoms with Gasteiger partial charge in [0.05, 0.1) is 40.4 Å². The van der Waals surface area contributed by atoms with Crippen molar-refractivity contribution < 1.29 is 24.0 Å². The Morgan fingerprint density at radius 3 is 2.44 bits per heavy atom. The number of carbonyl (C=O) groups is 3. The molecule has 2 amide bonds. The molecule has 2 aromatic carbocycles. The van der Waals surface area contributed by atoms with Crippen LogP contribution in [0.3, 0.4) is 0 Å². The summed E-state index contributed by atoms with van der Waals surface area (Å²) in [5, 5.41) is 5.33. The summed E-state index contributed by atoms with van der Waals surface area (Å²) in [7, 11) is 0. The van der Waals surface area contributed by atoms with Gasteiger partial charge in [0, 0.05) is 22.4 Å². The fraction of sp³-hybridized carbons (Fsp3) is 0.360. The van der Waals surface area contributed by atoms with Crippen molar-refractivity contribution in [3.8, 4) is 0 Å². The van der Waals surface area contributed by atoms with Crippen LogP contribution in [-0.4, -0.2) is 36.2 Å². The van der Waals surface area contributed by atoms with Gasteiger partial charge in [0.15, 0.2) is 0 Å². The van der Waals surface area contributed by atoms with E-state index in [1.54, 1.807) is 43.3 Å². The van der Waals surface area contributed by atoms with E-state index in [2.05, 4.69) is 5.16 Å². The molecule has 6 rings (SSSR count). The monoisotopic (exact) mass is 498 g/mol. The minimum absolute atomic E-state index is 0.0618. The van der Waals surface area contributed by atoms with Gasteiger partial charge in [-0.1, -0.05) is 34.4 Å². The van der Waals surface area contributed by atoms with E-state index in [1.165, 1.54) is 4.90 Å². The Kier molecular flexibility index (Phi) is 4.97. The molecule has 2 bridgehead atoms. The first-order chi connectivity index (χ1) is 16.4. The fourth-order valence-electron chi connectivity index (χ4n) is 6.26. The summed E-state index contributed by atoms with van der Waals surface area (Å²) in [6.07, 6.45) is 0.484. The summed E-state index contributed by atoms with van der Waals surface area (Å²) in [6.45, 7) is 2.00. The van der Waals surface area contributed by atoms with Crippen molar-refractivity contribution in [1.82, 2.24) is 0 Å². The predicted octanol–water partition coefficient (Wildman–Crippen LogP) is 4.34. The lowest BCUT2D eigenvalue weighted by molar-refractivity contribution is -0.125. The number of benzene rings is 2. The third-order valence-electron chi connectivity index (χ3n) is 7.53. The van der Waals surface area contributed by atoms with Crippen LogP contribution in [0.4, 0.5) is 5.69 Å². The number of hydrogen-bond acceptors (Lipinski definition) is 6. The molecule has 3 fully saturated rings. The number of carbonyl (C=O) groups excluding carboxylic acids is 3. The Hall–Kier alpha value is -2.90. The summed E-state index contributed by atoms with van der Waals surface area (Å²) in [5.74, 6) is -1.99. The first-order valence-corrected chi connectivity index (χ1v) is 12.0. The van der Waals surface area contributed by atoms with Crippen LogP contribution in [0.15, 0.2) is 47.6 Å². The summed E-state index contributed by atoms with van der Waals surface area (Å²) in [4.78, 5) is 46.0. The van der Waals surface area contributed by atoms with E-state index in [0.29, 0.717) is 21.3 Å². The highest BCUT2D eigenvalue weighted by atomic mass is 35.5. The van der Waals surface area contributed by atoms with Crippen LogP contribution in [0.25, 0.3) is 0 Å². The molecular formula is C25H20Cl2N2O5. The van der Waals surface area contributed by atoms with Crippen LogP contribution >= 0.6 is 23.2 Å². The van der Waals surface area contributed by atoms with Crippen molar-refractivity contribution in [1.29, 1.82) is 0 Å². The third-order valence-corrected chi connectivity index (χ3v) is 8.08. The minimum atomic E-state index is -0.444. The zero-order valence-corrected chi connectivity index (χ0v) is 19.6. The number of esters is 1. The second kappa shape index (κ2) is 7.82. The largest absolute Gasteiger partial charge is 0.462 e. The SMILES string of the molecule is CCOC(=O)c1ccc(N2C(=O)[C@@H]3[C@H]4C[C@@H]([C@@H]5C(c6ccc(Cl)cc6Cl)=NO[C@@H]45)[C@@H]3C2=O)cc1. The number of rotatable bonds is 4. The molecule has 0 unspecified atom stereocenters. The molecule has 2 heterocycles. The van der Waals surface area contributed by atoms with E-state index < -0.39 is 17.8 Å². The maximum atomic E-state index is 13.5. The van der Waals surface area contributed by atoms with Gasteiger partial charge in [-0.15, -0.1) is 0 Å². The molecule has 34 heavy (non-hydrogen) atoms. The van der Waals surface area contributed by atoms with E-state index in [1.807, 2.05) is 6.07 Å². The van der Waals surface area contributed by atoms with Gasteiger partial charge >= 0.3 is 5.97 Å². The summed E-state index contributed by atoms with van der Waals surface area (Å²) in [5.41, 5.74) is 2.28. The number of amides is 2. The maximum Gasteiger partial charge on any atom is 0.338 e. The number of fused-ring (bicyclic) bond motifs is 8. The van der Waals surface area contributed by atoms with Crippen molar-refractivity contribution >= 4 is 52.4 Å². The van der Waals surface area contributed by atoms with Crippen LogP contribution in [-0.2, 0) is 19.2 Å². The Balaban J connectivity index is 1.29. The molecule has 4 aliphatic rings. The number of imide groups is 1. The fourth-order valence-corrected chi connectivity index (χ4v) is 6.77. The van der Waals surface area contributed by atoms with Gasteiger partial charge in [-0.25, -0.2) is 4.79 Å². The summed E-state index contributed by atoms with van der Waals surface area (Å²) in [6, 6.07) is 11.6. The van der Waals surface area contributed by atoms with Crippen molar-refractivity contribution in [3.05, 3.63) is 63.6 Å². The van der Waals surface area contributed by atoms with Crippen LogP contribution < -0.4 is 4.90 Å². The van der Waals surface area contributed by atoms with Gasteiger partial charge < -0.3 is 9.57 Å². The molecule has 0 spiro atoms. The van der Waals surface area contributed by atoms with Crippen molar-refractivity contribution in [2.45, 2.75) is 19.4 Å². The van der Waals surface area contributed by atoms with E-state index in [0.717, 1.165) is 17.7 Å². The first kappa shape index (κ1) is 21.6. The molecule has 0 N–H and O–H groups in total. The summed E-state index contributed by atoms with van der Waals surface area (Å²) >= 11 is 12.5. The molecule has 1 saturated heterocycles. The molecule has 0 aromatic heterocycles. The van der Waals surface area contributed by atoms with E-state index >= 15 is 0 Å². The van der Waals surface area contributed by atoms with E-state index in [4.69, 9.17) is 32.8 Å². The Morgan fingerprint density at radius 2 is 1.76 bits per heavy atom. The van der Waals surface area contributed by atoms with Gasteiger partial charge in [-0.05, 0) is 55.7 Å². The van der Waals surface area contributed by atoms with Gasteiger partial charge in [0.2, 0.25) is 11.8 Å². The topological polar surface area (TPSA) is 85.3 Å². The van der Waals surface area contributed by atoms with E-state index in [-0.39, 0.29) is 42.3 Å². The van der Waals surface area contributed by atoms with Crippen molar-refractivity contribution in [2.75, 3.05) is 11.5 Å². The van der Waals surface area contributed by atoms with E-state index in [9.17, 15) is 14.4 Å². The molecule has 6 atom stereocenters. The molecule has 0 radical (unpaired) electrons. The average molecular weight is 499 g/mol. The average Bonchev–Trinajstić information content (AvgIpc) is 3.55. The number of ether oxygens (including phenoxy) is 1. The zero-order chi connectivity index (χ0) is 23.7. The second-order valence-corrected chi connectivity index (χ2v) is 9.93. The lowest BCUT2D eigenvalue weighted by Gasteiger charge is -2.30. The molecular weight excluding hydrogens is 479 g/mol. The predicted molar refractivity (Wildman–Crippen MR) is 125 cm³/mol. The third kappa shape index (κ3) is 2.96. The highest BCUT2D eigenvalue weighted by Crippen LogP contribution is 2.62. The molecule has 2 saturated carbocycles. The van der Waals surface area contributed by atoms with Gasteiger partial charge in [0.1, 0.15) is 6.10 Å². The second-order valence-electron chi connectivity index (χ2n) is 9.09. The maximum absolute atomic E-state index is 13.5. The zero-order valence-electron chi connectivity index (χ0n) is 18.1. The normalized spacial score (nSPS) is 30.8. The van der Waals surface area contributed by atoms with Crippen LogP contribution in [0.2, 0.25) is 10.0 Å². The summed E-state index contributed by atoms with van der Waals surface area (Å²) < 4.78 is 5.01. The Bertz CT molecular complexity index is 1260. The minimum Gasteiger partial charge on any atom is -0.462 e. The number of anilines is 1.